The summed E-state index contributed by atoms with van der Waals surface area (Å²) < 4.78 is 2.26. The fraction of sp³-hybridized carbons (Fsp3) is 0.538. The Morgan fingerprint density at radius 2 is 2.00 bits per heavy atom. The number of benzene rings is 1. The molecule has 0 radical (unpaired) electrons. The van der Waals surface area contributed by atoms with E-state index in [0.717, 1.165) is 22.0 Å². The summed E-state index contributed by atoms with van der Waals surface area (Å²) in [5, 5.41) is 3.54. The van der Waals surface area contributed by atoms with Gasteiger partial charge in [-0.3, -0.25) is 0 Å². The second-order valence-electron chi connectivity index (χ2n) is 4.50. The van der Waals surface area contributed by atoms with Gasteiger partial charge in [0, 0.05) is 15.0 Å². The van der Waals surface area contributed by atoms with Gasteiger partial charge in [-0.05, 0) is 58.2 Å². The second kappa shape index (κ2) is 7.52. The van der Waals surface area contributed by atoms with Crippen molar-refractivity contribution in [2.45, 2.75) is 19.4 Å². The molecule has 4 heteroatoms. The zero-order valence-electron chi connectivity index (χ0n) is 10.6. The predicted octanol–water partition coefficient (Wildman–Crippen LogP) is 3.81. The van der Waals surface area contributed by atoms with Crippen molar-refractivity contribution in [3.05, 3.63) is 32.7 Å². The molecular formula is C13H20Br2N2. The minimum atomic E-state index is 0.375. The Bertz CT molecular complexity index is 353. The van der Waals surface area contributed by atoms with Crippen molar-refractivity contribution in [3.63, 3.8) is 0 Å². The van der Waals surface area contributed by atoms with E-state index in [4.69, 9.17) is 0 Å². The molecule has 0 aliphatic heterocycles. The van der Waals surface area contributed by atoms with Crippen LogP contribution in [0.25, 0.3) is 0 Å². The zero-order chi connectivity index (χ0) is 12.8. The van der Waals surface area contributed by atoms with Crippen molar-refractivity contribution in [2.24, 2.45) is 0 Å². The lowest BCUT2D eigenvalue weighted by molar-refractivity contribution is 0.389. The minimum absolute atomic E-state index is 0.375. The van der Waals surface area contributed by atoms with Crippen molar-refractivity contribution in [3.8, 4) is 0 Å². The highest BCUT2D eigenvalue weighted by Crippen LogP contribution is 2.26. The van der Waals surface area contributed by atoms with Gasteiger partial charge in [0.15, 0.2) is 0 Å². The normalized spacial score (nSPS) is 13.1. The smallest absolute Gasteiger partial charge is 0.0302 e. The Balaban J connectivity index is 2.44. The molecule has 0 aliphatic rings. The molecule has 1 atom stereocenters. The Morgan fingerprint density at radius 3 is 2.59 bits per heavy atom. The van der Waals surface area contributed by atoms with Crippen molar-refractivity contribution >= 4 is 31.9 Å². The van der Waals surface area contributed by atoms with E-state index in [9.17, 15) is 0 Å². The van der Waals surface area contributed by atoms with Gasteiger partial charge in [-0.1, -0.05) is 37.9 Å². The summed E-state index contributed by atoms with van der Waals surface area (Å²) >= 11 is 7.07. The monoisotopic (exact) mass is 362 g/mol. The van der Waals surface area contributed by atoms with E-state index in [1.807, 2.05) is 0 Å². The summed E-state index contributed by atoms with van der Waals surface area (Å²) in [4.78, 5) is 2.21. The van der Waals surface area contributed by atoms with Gasteiger partial charge in [-0.15, -0.1) is 0 Å². The molecule has 0 bridgehead atoms. The van der Waals surface area contributed by atoms with Crippen LogP contribution >= 0.6 is 31.9 Å². The van der Waals surface area contributed by atoms with E-state index in [2.05, 4.69) is 81.3 Å². The fourth-order valence-corrected chi connectivity index (χ4v) is 3.07. The topological polar surface area (TPSA) is 15.3 Å². The largest absolute Gasteiger partial charge is 0.310 e. The minimum Gasteiger partial charge on any atom is -0.310 e. The van der Waals surface area contributed by atoms with E-state index >= 15 is 0 Å². The maximum atomic E-state index is 3.60. The Kier molecular flexibility index (Phi) is 6.70. The summed E-state index contributed by atoms with van der Waals surface area (Å²) in [5.74, 6) is 0. The maximum absolute atomic E-state index is 3.60. The molecule has 1 rings (SSSR count). The SMILES string of the molecule is CC(NCCCN(C)C)c1ccc(Br)cc1Br. The molecule has 1 unspecified atom stereocenters. The first-order valence-electron chi connectivity index (χ1n) is 5.83. The van der Waals surface area contributed by atoms with E-state index in [0.29, 0.717) is 6.04 Å². The van der Waals surface area contributed by atoms with Crippen molar-refractivity contribution in [2.75, 3.05) is 27.2 Å². The molecule has 0 fully saturated rings. The molecule has 1 aromatic rings. The van der Waals surface area contributed by atoms with Gasteiger partial charge in [0.2, 0.25) is 0 Å². The summed E-state index contributed by atoms with van der Waals surface area (Å²) in [6.07, 6.45) is 1.17. The number of rotatable bonds is 6. The van der Waals surface area contributed by atoms with Crippen LogP contribution < -0.4 is 5.32 Å². The average molecular weight is 364 g/mol. The van der Waals surface area contributed by atoms with Crippen LogP contribution in [0.4, 0.5) is 0 Å². The number of nitrogens with zero attached hydrogens (tertiary/aromatic N) is 1. The van der Waals surface area contributed by atoms with Crippen molar-refractivity contribution in [1.82, 2.24) is 10.2 Å². The van der Waals surface area contributed by atoms with Crippen LogP contribution in [0.1, 0.15) is 24.9 Å². The molecule has 0 amide bonds. The highest BCUT2D eigenvalue weighted by atomic mass is 79.9. The van der Waals surface area contributed by atoms with Crippen molar-refractivity contribution < 1.29 is 0 Å². The lowest BCUT2D eigenvalue weighted by Gasteiger charge is -2.17. The standard InChI is InChI=1S/C13H20Br2N2/c1-10(16-7-4-8-17(2)3)12-6-5-11(14)9-13(12)15/h5-6,9-10,16H,4,7-8H2,1-3H3. The van der Waals surface area contributed by atoms with Crippen LogP contribution in [0.5, 0.6) is 0 Å². The molecule has 0 aliphatic carbocycles. The van der Waals surface area contributed by atoms with Crippen LogP contribution in [-0.2, 0) is 0 Å². The molecule has 0 aromatic heterocycles. The summed E-state index contributed by atoms with van der Waals surface area (Å²) in [5.41, 5.74) is 1.30. The van der Waals surface area contributed by atoms with Crippen LogP contribution in [-0.4, -0.2) is 32.1 Å². The van der Waals surface area contributed by atoms with Gasteiger partial charge in [-0.2, -0.15) is 0 Å². The lowest BCUT2D eigenvalue weighted by Crippen LogP contribution is -2.24. The van der Waals surface area contributed by atoms with Gasteiger partial charge in [0.05, 0.1) is 0 Å². The van der Waals surface area contributed by atoms with Crippen LogP contribution in [0.2, 0.25) is 0 Å². The Labute approximate surface area is 121 Å². The first-order chi connectivity index (χ1) is 8.00. The second-order valence-corrected chi connectivity index (χ2v) is 6.27. The van der Waals surface area contributed by atoms with E-state index in [1.165, 1.54) is 12.0 Å². The van der Waals surface area contributed by atoms with Gasteiger partial charge in [0.1, 0.15) is 0 Å². The van der Waals surface area contributed by atoms with Crippen LogP contribution in [0, 0.1) is 0 Å². The summed E-state index contributed by atoms with van der Waals surface area (Å²) in [7, 11) is 4.21. The van der Waals surface area contributed by atoms with E-state index in [1.54, 1.807) is 0 Å². The number of halogens is 2. The number of hydrogen-bond acceptors (Lipinski definition) is 2. The van der Waals surface area contributed by atoms with Crippen molar-refractivity contribution in [1.29, 1.82) is 0 Å². The van der Waals surface area contributed by atoms with Crippen LogP contribution in [0.3, 0.4) is 0 Å². The molecule has 1 aromatic carbocycles. The molecule has 96 valence electrons. The first-order valence-corrected chi connectivity index (χ1v) is 7.42. The Hall–Kier alpha value is 0.1000. The third kappa shape index (κ3) is 5.51. The highest BCUT2D eigenvalue weighted by molar-refractivity contribution is 9.11. The molecule has 1 N–H and O–H groups in total. The molecule has 2 nitrogen and oxygen atoms in total. The predicted molar refractivity (Wildman–Crippen MR) is 81.4 cm³/mol. The highest BCUT2D eigenvalue weighted by Gasteiger charge is 2.08. The third-order valence-corrected chi connectivity index (χ3v) is 3.84. The lowest BCUT2D eigenvalue weighted by atomic mass is 10.1. The van der Waals surface area contributed by atoms with Gasteiger partial charge >= 0.3 is 0 Å². The quantitative estimate of drug-likeness (QED) is 0.773. The molecule has 17 heavy (non-hydrogen) atoms. The molecular weight excluding hydrogens is 344 g/mol. The van der Waals surface area contributed by atoms with Gasteiger partial charge < -0.3 is 10.2 Å². The molecule has 0 heterocycles. The molecule has 0 spiro atoms. The van der Waals surface area contributed by atoms with Gasteiger partial charge in [-0.25, -0.2) is 0 Å². The fourth-order valence-electron chi connectivity index (χ4n) is 1.68. The maximum Gasteiger partial charge on any atom is 0.0302 e. The first kappa shape index (κ1) is 15.2. The average Bonchev–Trinajstić information content (AvgIpc) is 2.23. The summed E-state index contributed by atoms with van der Waals surface area (Å²) in [6.45, 7) is 4.37. The Morgan fingerprint density at radius 1 is 1.29 bits per heavy atom. The van der Waals surface area contributed by atoms with E-state index in [-0.39, 0.29) is 0 Å². The zero-order valence-corrected chi connectivity index (χ0v) is 13.8. The van der Waals surface area contributed by atoms with Crippen LogP contribution in [0.15, 0.2) is 27.1 Å². The van der Waals surface area contributed by atoms with E-state index < -0.39 is 0 Å². The number of nitrogens with one attached hydrogen (secondary N) is 1. The molecule has 0 saturated carbocycles. The molecule has 0 saturated heterocycles. The van der Waals surface area contributed by atoms with Gasteiger partial charge in [0.25, 0.3) is 0 Å². The third-order valence-electron chi connectivity index (χ3n) is 2.66. The number of hydrogen-bond donors (Lipinski definition) is 1. The summed E-state index contributed by atoms with van der Waals surface area (Å²) in [6, 6.07) is 6.70.